The van der Waals surface area contributed by atoms with Crippen LogP contribution in [0.4, 0.5) is 0 Å². The number of fused-ring (bicyclic) bond motifs is 1. The van der Waals surface area contributed by atoms with Gasteiger partial charge in [0, 0.05) is 34.9 Å². The number of nitrogens with zero attached hydrogens (tertiary/aromatic N) is 3. The highest BCUT2D eigenvalue weighted by Crippen LogP contribution is 2.29. The number of rotatable bonds is 5. The fourth-order valence-electron chi connectivity index (χ4n) is 3.36. The zero-order valence-corrected chi connectivity index (χ0v) is 17.6. The highest BCUT2D eigenvalue weighted by molar-refractivity contribution is 6.31. The normalized spacial score (nSPS) is 11.5. The summed E-state index contributed by atoms with van der Waals surface area (Å²) in [6.45, 7) is 0.560. The third-order valence-corrected chi connectivity index (χ3v) is 5.34. The summed E-state index contributed by atoms with van der Waals surface area (Å²) >= 11 is 12.1. The van der Waals surface area contributed by atoms with Crippen LogP contribution in [0.3, 0.4) is 0 Å². The van der Waals surface area contributed by atoms with Gasteiger partial charge in [0.15, 0.2) is 0 Å². The number of carboxylic acid groups (broad SMARTS) is 1. The summed E-state index contributed by atoms with van der Waals surface area (Å²) < 4.78 is 2.04. The average Bonchev–Trinajstić information content (AvgIpc) is 3.09. The quantitative estimate of drug-likeness (QED) is 0.293. The van der Waals surface area contributed by atoms with Gasteiger partial charge < -0.3 is 9.67 Å². The number of allylic oxidation sites excluding steroid dienone is 1. The largest absolute Gasteiger partial charge is 0.478 e. The van der Waals surface area contributed by atoms with Crippen LogP contribution in [0.25, 0.3) is 22.6 Å². The van der Waals surface area contributed by atoms with Crippen molar-refractivity contribution in [3.63, 3.8) is 0 Å². The van der Waals surface area contributed by atoms with E-state index in [0.29, 0.717) is 27.9 Å². The van der Waals surface area contributed by atoms with Crippen LogP contribution in [0, 0.1) is 11.3 Å². The van der Waals surface area contributed by atoms with Crippen LogP contribution in [0.5, 0.6) is 0 Å². The lowest BCUT2D eigenvalue weighted by atomic mass is 10.0. The number of halogens is 2. The molecule has 0 radical (unpaired) electrons. The number of carbonyl (C=O) groups is 1. The molecule has 4 rings (SSSR count). The van der Waals surface area contributed by atoms with Crippen molar-refractivity contribution in [2.45, 2.75) is 6.54 Å². The third kappa shape index (κ3) is 4.46. The second kappa shape index (κ2) is 8.65. The molecule has 0 unspecified atom stereocenters. The Hall–Kier alpha value is -3.59. The zero-order valence-electron chi connectivity index (χ0n) is 16.1. The Labute approximate surface area is 188 Å². The Morgan fingerprint density at radius 2 is 1.84 bits per heavy atom. The topological polar surface area (TPSA) is 78.9 Å². The fraction of sp³-hybridized carbons (Fsp3) is 0.0417. The van der Waals surface area contributed by atoms with Crippen molar-refractivity contribution in [1.82, 2.24) is 9.55 Å². The maximum Gasteiger partial charge on any atom is 0.335 e. The molecule has 31 heavy (non-hydrogen) atoms. The van der Waals surface area contributed by atoms with Crippen molar-refractivity contribution in [2.24, 2.45) is 0 Å². The second-order valence-electron chi connectivity index (χ2n) is 6.92. The Kier molecular flexibility index (Phi) is 5.77. The standard InChI is InChI=1S/C24H15Cl2N3O2/c25-20-6-7-21-19(9-18(11-27)16-2-4-17(5-3-16)24(30)31)14-29(22(21)10-20)13-15-1-8-23(26)28-12-15/h1-10,12,14H,13H2,(H,30,31)/b18-9+. The minimum atomic E-state index is -1.01. The first-order chi connectivity index (χ1) is 14.9. The number of aromatic nitrogens is 2. The van der Waals surface area contributed by atoms with E-state index in [1.165, 1.54) is 12.1 Å². The number of pyridine rings is 1. The van der Waals surface area contributed by atoms with Crippen LogP contribution in [-0.4, -0.2) is 20.6 Å². The van der Waals surface area contributed by atoms with E-state index in [-0.39, 0.29) is 5.56 Å². The van der Waals surface area contributed by atoms with Crippen LogP contribution in [0.15, 0.2) is 67.0 Å². The lowest BCUT2D eigenvalue weighted by Crippen LogP contribution is -1.98. The van der Waals surface area contributed by atoms with Gasteiger partial charge in [-0.05, 0) is 47.5 Å². The van der Waals surface area contributed by atoms with Crippen LogP contribution < -0.4 is 0 Å². The van der Waals surface area contributed by atoms with E-state index in [1.807, 2.05) is 35.0 Å². The molecule has 0 atom stereocenters. The first-order valence-electron chi connectivity index (χ1n) is 9.29. The molecule has 0 aliphatic rings. The van der Waals surface area contributed by atoms with Gasteiger partial charge in [0.25, 0.3) is 0 Å². The Morgan fingerprint density at radius 3 is 2.48 bits per heavy atom. The average molecular weight is 448 g/mol. The molecule has 0 fully saturated rings. The minimum absolute atomic E-state index is 0.170. The molecule has 4 aromatic rings. The number of hydrogen-bond donors (Lipinski definition) is 1. The Bertz CT molecular complexity index is 1350. The molecule has 0 bridgehead atoms. The molecule has 0 saturated carbocycles. The van der Waals surface area contributed by atoms with E-state index in [4.69, 9.17) is 28.3 Å². The van der Waals surface area contributed by atoms with Crippen LogP contribution in [0.2, 0.25) is 10.2 Å². The van der Waals surface area contributed by atoms with Crippen molar-refractivity contribution >= 4 is 51.7 Å². The molecule has 7 heteroatoms. The molecule has 2 aromatic heterocycles. The van der Waals surface area contributed by atoms with Gasteiger partial charge in [0.1, 0.15) is 5.15 Å². The predicted octanol–water partition coefficient (Wildman–Crippen LogP) is 6.15. The summed E-state index contributed by atoms with van der Waals surface area (Å²) in [5.41, 5.74) is 3.99. The number of aromatic carboxylic acids is 1. The summed E-state index contributed by atoms with van der Waals surface area (Å²) in [5.74, 6) is -1.01. The van der Waals surface area contributed by atoms with Gasteiger partial charge >= 0.3 is 5.97 Å². The molecular weight excluding hydrogens is 433 g/mol. The SMILES string of the molecule is N#C/C(=C\c1cn(Cc2ccc(Cl)nc2)c2cc(Cl)ccc12)c1ccc(C(=O)O)cc1. The maximum absolute atomic E-state index is 11.1. The van der Waals surface area contributed by atoms with Gasteiger partial charge in [-0.15, -0.1) is 0 Å². The van der Waals surface area contributed by atoms with E-state index < -0.39 is 5.97 Å². The van der Waals surface area contributed by atoms with Gasteiger partial charge in [-0.25, -0.2) is 9.78 Å². The predicted molar refractivity (Wildman–Crippen MR) is 122 cm³/mol. The molecule has 1 N–H and O–H groups in total. The number of carboxylic acids is 1. The Balaban J connectivity index is 1.78. The van der Waals surface area contributed by atoms with Gasteiger partial charge in [-0.1, -0.05) is 47.5 Å². The fourth-order valence-corrected chi connectivity index (χ4v) is 3.64. The van der Waals surface area contributed by atoms with Crippen LogP contribution in [0.1, 0.15) is 27.0 Å². The van der Waals surface area contributed by atoms with Gasteiger partial charge in [0.2, 0.25) is 0 Å². The summed E-state index contributed by atoms with van der Waals surface area (Å²) in [6, 6.07) is 17.7. The summed E-state index contributed by atoms with van der Waals surface area (Å²) in [4.78, 5) is 15.2. The van der Waals surface area contributed by atoms with Crippen LogP contribution >= 0.6 is 23.2 Å². The molecule has 0 saturated heterocycles. The third-order valence-electron chi connectivity index (χ3n) is 4.88. The molecule has 2 heterocycles. The maximum atomic E-state index is 11.1. The van der Waals surface area contributed by atoms with Crippen molar-refractivity contribution < 1.29 is 9.90 Å². The molecule has 152 valence electrons. The number of hydrogen-bond acceptors (Lipinski definition) is 3. The lowest BCUT2D eigenvalue weighted by Gasteiger charge is -2.05. The van der Waals surface area contributed by atoms with Crippen molar-refractivity contribution in [1.29, 1.82) is 5.26 Å². The van der Waals surface area contributed by atoms with Gasteiger partial charge in [-0.3, -0.25) is 0 Å². The molecule has 0 spiro atoms. The van der Waals surface area contributed by atoms with Crippen molar-refractivity contribution in [3.8, 4) is 6.07 Å². The number of benzene rings is 2. The molecule has 0 amide bonds. The lowest BCUT2D eigenvalue weighted by molar-refractivity contribution is 0.0697. The van der Waals surface area contributed by atoms with E-state index in [0.717, 1.165) is 22.0 Å². The molecule has 2 aromatic carbocycles. The van der Waals surface area contributed by atoms with Gasteiger partial charge in [0.05, 0.1) is 22.7 Å². The van der Waals surface area contributed by atoms with Crippen molar-refractivity contribution in [3.05, 3.63) is 99.4 Å². The zero-order chi connectivity index (χ0) is 22.0. The summed E-state index contributed by atoms with van der Waals surface area (Å²) in [5, 5.41) is 20.8. The van der Waals surface area contributed by atoms with Gasteiger partial charge in [-0.2, -0.15) is 5.26 Å². The van der Waals surface area contributed by atoms with E-state index in [2.05, 4.69) is 11.1 Å². The van der Waals surface area contributed by atoms with E-state index in [1.54, 1.807) is 30.5 Å². The van der Waals surface area contributed by atoms with Crippen molar-refractivity contribution in [2.75, 3.05) is 0 Å². The minimum Gasteiger partial charge on any atom is -0.478 e. The number of nitriles is 1. The van der Waals surface area contributed by atoms with Crippen LogP contribution in [-0.2, 0) is 6.54 Å². The second-order valence-corrected chi connectivity index (χ2v) is 7.74. The molecule has 0 aliphatic heterocycles. The first-order valence-corrected chi connectivity index (χ1v) is 10.0. The first kappa shape index (κ1) is 20.7. The summed E-state index contributed by atoms with van der Waals surface area (Å²) in [7, 11) is 0. The monoisotopic (exact) mass is 447 g/mol. The summed E-state index contributed by atoms with van der Waals surface area (Å²) in [6.07, 6.45) is 5.47. The molecule has 5 nitrogen and oxygen atoms in total. The smallest absolute Gasteiger partial charge is 0.335 e. The van der Waals surface area contributed by atoms with E-state index >= 15 is 0 Å². The Morgan fingerprint density at radius 1 is 1.10 bits per heavy atom. The van der Waals surface area contributed by atoms with E-state index in [9.17, 15) is 10.1 Å². The molecular formula is C24H15Cl2N3O2. The molecule has 0 aliphatic carbocycles. The highest BCUT2D eigenvalue weighted by Gasteiger charge is 2.11. The highest BCUT2D eigenvalue weighted by atomic mass is 35.5.